The van der Waals surface area contributed by atoms with E-state index in [0.29, 0.717) is 31.9 Å². The number of ether oxygens (including phenoxy) is 1. The number of aliphatic hydroxyl groups is 1. The van der Waals surface area contributed by atoms with E-state index < -0.39 is 26.8 Å². The number of carbonyl (C=O) groups is 1. The quantitative estimate of drug-likeness (QED) is 0.316. The number of nitrogens with zero attached hydrogens (tertiary/aromatic N) is 1. The van der Waals surface area contributed by atoms with Crippen LogP contribution in [-0.2, 0) is 21.9 Å². The standard InChI is InChI=1S/C34H48ClN3O5S/c1-6-27(36-5)18-33(4,40)28-12-9-25(28)19-38-20-34(15-7-8-23-16-26(35)11-13-29(23)34)21-43-31-14-10-24(17-30(31)38)32(39)37-44(41,42)22(2)3/h10-11,13-14,16-17,22,25,27-28,36,40H,6-9,12,15,18-21H2,1-5H3,(H,37,39)/t25-,27+,28+,33+,34-/m0/s1. The van der Waals surface area contributed by atoms with Gasteiger partial charge in [-0.1, -0.05) is 24.6 Å². The fourth-order valence-electron chi connectivity index (χ4n) is 7.55. The third-order valence-corrected chi connectivity index (χ3v) is 12.3. The predicted molar refractivity (Wildman–Crippen MR) is 176 cm³/mol. The Labute approximate surface area is 267 Å². The molecule has 0 bridgehead atoms. The summed E-state index contributed by atoms with van der Waals surface area (Å²) in [5.74, 6) is 0.429. The molecule has 1 spiro atoms. The molecule has 8 nitrogen and oxygen atoms in total. The second-order valence-electron chi connectivity index (χ2n) is 13.7. The summed E-state index contributed by atoms with van der Waals surface area (Å²) in [5, 5.41) is 15.0. The molecule has 1 aliphatic heterocycles. The van der Waals surface area contributed by atoms with Crippen LogP contribution in [0, 0.1) is 11.8 Å². The first-order valence-corrected chi connectivity index (χ1v) is 18.0. The zero-order valence-electron chi connectivity index (χ0n) is 26.7. The molecule has 0 radical (unpaired) electrons. The largest absolute Gasteiger partial charge is 0.490 e. The number of fused-ring (bicyclic) bond motifs is 3. The van der Waals surface area contributed by atoms with Crippen molar-refractivity contribution in [2.24, 2.45) is 11.8 Å². The Morgan fingerprint density at radius 2 is 2.00 bits per heavy atom. The lowest BCUT2D eigenvalue weighted by molar-refractivity contribution is -0.0782. The molecule has 1 heterocycles. The molecule has 44 heavy (non-hydrogen) atoms. The van der Waals surface area contributed by atoms with E-state index in [0.717, 1.165) is 49.2 Å². The van der Waals surface area contributed by atoms with Crippen LogP contribution in [0.3, 0.4) is 0 Å². The molecule has 10 heteroatoms. The summed E-state index contributed by atoms with van der Waals surface area (Å²) in [4.78, 5) is 15.5. The van der Waals surface area contributed by atoms with E-state index in [1.165, 1.54) is 11.1 Å². The van der Waals surface area contributed by atoms with E-state index in [9.17, 15) is 18.3 Å². The summed E-state index contributed by atoms with van der Waals surface area (Å²) in [6.07, 6.45) is 6.56. The molecule has 1 saturated carbocycles. The van der Waals surface area contributed by atoms with Crippen molar-refractivity contribution in [3.8, 4) is 5.75 Å². The summed E-state index contributed by atoms with van der Waals surface area (Å²) >= 11 is 6.41. The van der Waals surface area contributed by atoms with Crippen molar-refractivity contribution in [2.75, 3.05) is 31.6 Å². The van der Waals surface area contributed by atoms with Gasteiger partial charge in [-0.15, -0.1) is 0 Å². The molecular weight excluding hydrogens is 598 g/mol. The maximum absolute atomic E-state index is 13.2. The van der Waals surface area contributed by atoms with Gasteiger partial charge in [-0.25, -0.2) is 13.1 Å². The first-order chi connectivity index (χ1) is 20.8. The van der Waals surface area contributed by atoms with E-state index >= 15 is 0 Å². The number of hydrogen-bond donors (Lipinski definition) is 3. The SMILES string of the molecule is CC[C@H](C[C@@](C)(O)[C@@H]1CC[C@H]1CN1C[C@@]2(CCCc3cc(Cl)ccc32)COc2ccc(C(=O)NS(=O)(=O)C(C)C)cc21)NC. The van der Waals surface area contributed by atoms with Gasteiger partial charge in [0.1, 0.15) is 5.75 Å². The van der Waals surface area contributed by atoms with Crippen molar-refractivity contribution in [3.63, 3.8) is 0 Å². The monoisotopic (exact) mass is 645 g/mol. The highest BCUT2D eigenvalue weighted by molar-refractivity contribution is 7.90. The molecule has 5 rings (SSSR count). The van der Waals surface area contributed by atoms with E-state index in [1.54, 1.807) is 32.0 Å². The first-order valence-electron chi connectivity index (χ1n) is 16.0. The third kappa shape index (κ3) is 6.62. The highest BCUT2D eigenvalue weighted by Crippen LogP contribution is 2.48. The number of hydrogen-bond acceptors (Lipinski definition) is 7. The van der Waals surface area contributed by atoms with Gasteiger partial charge in [0.05, 0.1) is 23.1 Å². The Hall–Kier alpha value is -2.33. The number of anilines is 1. The average Bonchev–Trinajstić information content (AvgIpc) is 3.10. The molecule has 0 unspecified atom stereocenters. The minimum atomic E-state index is -3.79. The smallest absolute Gasteiger partial charge is 0.264 e. The lowest BCUT2D eigenvalue weighted by Gasteiger charge is -2.49. The van der Waals surface area contributed by atoms with Crippen molar-refractivity contribution in [1.29, 1.82) is 0 Å². The maximum Gasteiger partial charge on any atom is 0.264 e. The fraction of sp³-hybridized carbons (Fsp3) is 0.618. The number of halogens is 1. The van der Waals surface area contributed by atoms with Crippen LogP contribution in [0.15, 0.2) is 36.4 Å². The highest BCUT2D eigenvalue weighted by atomic mass is 35.5. The molecule has 5 atom stereocenters. The van der Waals surface area contributed by atoms with Crippen LogP contribution in [-0.4, -0.2) is 63.1 Å². The summed E-state index contributed by atoms with van der Waals surface area (Å²) in [5.41, 5.74) is 2.47. The molecule has 0 saturated heterocycles. The number of benzene rings is 2. The Morgan fingerprint density at radius 1 is 1.23 bits per heavy atom. The van der Waals surface area contributed by atoms with Crippen LogP contribution < -0.4 is 19.7 Å². The minimum Gasteiger partial charge on any atom is -0.490 e. The predicted octanol–water partition coefficient (Wildman–Crippen LogP) is 5.45. The van der Waals surface area contributed by atoms with Crippen LogP contribution in [0.1, 0.15) is 87.7 Å². The molecule has 2 aromatic rings. The Bertz CT molecular complexity index is 1480. The molecule has 242 valence electrons. The number of rotatable bonds is 10. The van der Waals surface area contributed by atoms with Crippen LogP contribution in [0.25, 0.3) is 0 Å². The lowest BCUT2D eigenvalue weighted by atomic mass is 9.63. The van der Waals surface area contributed by atoms with Gasteiger partial charge in [-0.2, -0.15) is 0 Å². The summed E-state index contributed by atoms with van der Waals surface area (Å²) in [6, 6.07) is 11.6. The van der Waals surface area contributed by atoms with Crippen LogP contribution in [0.5, 0.6) is 5.75 Å². The van der Waals surface area contributed by atoms with Crippen LogP contribution in [0.4, 0.5) is 5.69 Å². The molecule has 1 fully saturated rings. The number of amides is 1. The van der Waals surface area contributed by atoms with E-state index in [4.69, 9.17) is 16.3 Å². The third-order valence-electron chi connectivity index (χ3n) is 10.4. The van der Waals surface area contributed by atoms with E-state index in [1.807, 2.05) is 20.0 Å². The van der Waals surface area contributed by atoms with Gasteiger partial charge in [0.15, 0.2) is 0 Å². The Balaban J connectivity index is 1.50. The molecule has 2 aliphatic carbocycles. The number of aryl methyl sites for hydroxylation is 1. The summed E-state index contributed by atoms with van der Waals surface area (Å²) in [7, 11) is -1.84. The van der Waals surface area contributed by atoms with Gasteiger partial charge in [-0.3, -0.25) is 4.79 Å². The minimum absolute atomic E-state index is 0.147. The average molecular weight is 646 g/mol. The van der Waals surface area contributed by atoms with Gasteiger partial charge in [0.2, 0.25) is 10.0 Å². The highest BCUT2D eigenvalue weighted by Gasteiger charge is 2.47. The van der Waals surface area contributed by atoms with Crippen molar-refractivity contribution in [1.82, 2.24) is 10.0 Å². The zero-order chi connectivity index (χ0) is 31.9. The second-order valence-corrected chi connectivity index (χ2v) is 16.4. The van der Waals surface area contributed by atoms with Crippen LogP contribution in [0.2, 0.25) is 5.02 Å². The molecular formula is C34H48ClN3O5S. The molecule has 2 aromatic carbocycles. The lowest BCUT2D eigenvalue weighted by Crippen LogP contribution is -2.53. The normalized spacial score (nSPS) is 25.2. The van der Waals surface area contributed by atoms with Crippen LogP contribution >= 0.6 is 11.6 Å². The number of nitrogens with one attached hydrogen (secondary N) is 2. The first kappa shape index (κ1) is 33.0. The Kier molecular flexibility index (Phi) is 9.62. The number of carbonyl (C=O) groups excluding carboxylic acids is 1. The van der Waals surface area contributed by atoms with Gasteiger partial charge in [-0.05, 0) is 126 Å². The number of sulfonamides is 1. The van der Waals surface area contributed by atoms with E-state index in [2.05, 4.69) is 34.0 Å². The fourth-order valence-corrected chi connectivity index (χ4v) is 8.36. The zero-order valence-corrected chi connectivity index (χ0v) is 28.2. The van der Waals surface area contributed by atoms with Gasteiger partial charge >= 0.3 is 0 Å². The van der Waals surface area contributed by atoms with Gasteiger partial charge < -0.3 is 20.1 Å². The van der Waals surface area contributed by atoms with E-state index in [-0.39, 0.29) is 28.9 Å². The van der Waals surface area contributed by atoms with Crippen molar-refractivity contribution in [3.05, 3.63) is 58.1 Å². The summed E-state index contributed by atoms with van der Waals surface area (Å²) in [6.45, 7) is 9.07. The van der Waals surface area contributed by atoms with Crippen molar-refractivity contribution < 1.29 is 23.1 Å². The molecule has 0 aromatic heterocycles. The second kappa shape index (κ2) is 12.8. The molecule has 3 aliphatic rings. The van der Waals surface area contributed by atoms with Crippen molar-refractivity contribution >= 4 is 33.2 Å². The van der Waals surface area contributed by atoms with Gasteiger partial charge in [0, 0.05) is 35.1 Å². The molecule has 1 amide bonds. The maximum atomic E-state index is 13.2. The Morgan fingerprint density at radius 3 is 2.66 bits per heavy atom. The van der Waals surface area contributed by atoms with Gasteiger partial charge in [0.25, 0.3) is 5.91 Å². The molecule has 3 N–H and O–H groups in total. The topological polar surface area (TPSA) is 108 Å². The van der Waals surface area contributed by atoms with Crippen molar-refractivity contribution in [2.45, 2.75) is 94.9 Å². The summed E-state index contributed by atoms with van der Waals surface area (Å²) < 4.78 is 33.8.